The van der Waals surface area contributed by atoms with Crippen LogP contribution < -0.4 is 9.84 Å². The summed E-state index contributed by atoms with van der Waals surface area (Å²) in [5, 5.41) is 41.6. The monoisotopic (exact) mass is 395 g/mol. The number of aromatic hydroxyl groups is 1. The highest BCUT2D eigenvalue weighted by atomic mass is 32.1. The Kier molecular flexibility index (Phi) is 7.18. The third kappa shape index (κ3) is 5.41. The van der Waals surface area contributed by atoms with Gasteiger partial charge in [-0.2, -0.15) is 12.6 Å². The van der Waals surface area contributed by atoms with E-state index in [1.54, 1.807) is 6.92 Å². The van der Waals surface area contributed by atoms with E-state index in [-0.39, 0.29) is 24.2 Å². The molecule has 1 aliphatic rings. The van der Waals surface area contributed by atoms with E-state index in [1.807, 2.05) is 0 Å². The number of carbonyl (C=O) groups excluding carboxylic acids is 1. The lowest BCUT2D eigenvalue weighted by Crippen LogP contribution is -2.33. The molecular formula is C19H23O7S-. The summed E-state index contributed by atoms with van der Waals surface area (Å²) in [5.41, 5.74) is 0.282. The molecule has 0 aliphatic carbocycles. The first kappa shape index (κ1) is 21.1. The lowest BCUT2D eigenvalue weighted by molar-refractivity contribution is -0.325. The quantitative estimate of drug-likeness (QED) is 0.414. The predicted octanol–water partition coefficient (Wildman–Crippen LogP) is 1.02. The van der Waals surface area contributed by atoms with Crippen LogP contribution in [0.3, 0.4) is 0 Å². The number of fused-ring (bicyclic) bond motifs is 1. The van der Waals surface area contributed by atoms with Crippen LogP contribution in [-0.2, 0) is 4.74 Å². The average molecular weight is 395 g/mol. The zero-order valence-electron chi connectivity index (χ0n) is 15.0. The summed E-state index contributed by atoms with van der Waals surface area (Å²) in [5.74, 6) is -1.35. The molecule has 0 fully saturated rings. The molecule has 0 unspecified atom stereocenters. The fraction of sp³-hybridized carbons (Fsp3) is 0.421. The second kappa shape index (κ2) is 9.16. The topological polar surface area (TPSA) is 119 Å². The first-order chi connectivity index (χ1) is 12.7. The molecule has 0 radical (unpaired) electrons. The Labute approximate surface area is 163 Å². The van der Waals surface area contributed by atoms with Gasteiger partial charge in [-0.25, -0.2) is 4.79 Å². The number of benzene rings is 1. The van der Waals surface area contributed by atoms with Crippen molar-refractivity contribution in [3.05, 3.63) is 41.2 Å². The van der Waals surface area contributed by atoms with Crippen LogP contribution in [0, 0.1) is 0 Å². The third-order valence-electron chi connectivity index (χ3n) is 4.13. The average Bonchev–Trinajstić information content (AvgIpc) is 2.58. The lowest BCUT2D eigenvalue weighted by Gasteiger charge is -2.26. The summed E-state index contributed by atoms with van der Waals surface area (Å²) >= 11 is 4.25. The Morgan fingerprint density at radius 2 is 2.04 bits per heavy atom. The zero-order chi connectivity index (χ0) is 20.1. The van der Waals surface area contributed by atoms with Crippen molar-refractivity contribution < 1.29 is 34.7 Å². The molecule has 27 heavy (non-hydrogen) atoms. The van der Waals surface area contributed by atoms with E-state index in [0.717, 1.165) is 0 Å². The van der Waals surface area contributed by atoms with Crippen LogP contribution in [0.4, 0.5) is 0 Å². The van der Waals surface area contributed by atoms with Gasteiger partial charge in [-0.1, -0.05) is 18.2 Å². The van der Waals surface area contributed by atoms with E-state index in [4.69, 9.17) is 9.47 Å². The van der Waals surface area contributed by atoms with Crippen LogP contribution in [0.15, 0.2) is 30.0 Å². The summed E-state index contributed by atoms with van der Waals surface area (Å²) < 4.78 is 10.5. The van der Waals surface area contributed by atoms with Gasteiger partial charge in [0.05, 0.1) is 19.3 Å². The number of phenols is 1. The second-order valence-electron chi connectivity index (χ2n) is 6.35. The lowest BCUT2D eigenvalue weighted by atomic mass is 10.0. The Bertz CT molecular complexity index is 744. The van der Waals surface area contributed by atoms with E-state index in [1.165, 1.54) is 37.5 Å². The molecule has 0 amide bonds. The van der Waals surface area contributed by atoms with Crippen molar-refractivity contribution in [1.82, 2.24) is 0 Å². The maximum Gasteiger partial charge on any atom is 0.342 e. The molecule has 0 saturated heterocycles. The predicted molar refractivity (Wildman–Crippen MR) is 101 cm³/mol. The Morgan fingerprint density at radius 1 is 1.33 bits per heavy atom. The van der Waals surface area contributed by atoms with Crippen LogP contribution in [0.2, 0.25) is 0 Å². The summed E-state index contributed by atoms with van der Waals surface area (Å²) in [7, 11) is 1.42. The molecule has 3 N–H and O–H groups in total. The van der Waals surface area contributed by atoms with Crippen molar-refractivity contribution in [2.45, 2.75) is 43.3 Å². The van der Waals surface area contributed by atoms with Crippen LogP contribution in [0.25, 0.3) is 6.08 Å². The standard InChI is InChI=1S/C19H24O7S/c1-10-6-13(27)9-16(22)18(23)14(20)5-3-4-11-7-12(25-2)8-15(21)17(11)19(24)26-10/h3-4,7-10,13-14,18,20-23,27H,5-6H2,1-2H3/p-1/b4-3+,16-9+/t10-,13+,14-,18-/m0/s1. The van der Waals surface area contributed by atoms with Gasteiger partial charge >= 0.3 is 5.97 Å². The van der Waals surface area contributed by atoms with E-state index < -0.39 is 35.3 Å². The zero-order valence-corrected chi connectivity index (χ0v) is 15.9. The van der Waals surface area contributed by atoms with Gasteiger partial charge in [-0.3, -0.25) is 0 Å². The number of esters is 1. The number of hydrogen-bond donors (Lipinski definition) is 4. The van der Waals surface area contributed by atoms with Crippen molar-refractivity contribution in [3.8, 4) is 11.5 Å². The van der Waals surface area contributed by atoms with Crippen molar-refractivity contribution in [3.63, 3.8) is 0 Å². The molecule has 1 aromatic rings. The molecule has 1 aliphatic heterocycles. The number of aliphatic hydroxyl groups excluding tert-OH is 2. The smallest absolute Gasteiger partial charge is 0.342 e. The molecule has 0 spiro atoms. The summed E-state index contributed by atoms with van der Waals surface area (Å²) in [6, 6.07) is 2.83. The minimum absolute atomic E-state index is 0.0400. The molecule has 148 valence electrons. The van der Waals surface area contributed by atoms with Crippen molar-refractivity contribution in [2.75, 3.05) is 7.11 Å². The van der Waals surface area contributed by atoms with Crippen LogP contribution >= 0.6 is 12.6 Å². The number of aliphatic hydroxyl groups is 2. The number of cyclic esters (lactones) is 1. The van der Waals surface area contributed by atoms with Gasteiger partial charge in [0.25, 0.3) is 0 Å². The normalized spacial score (nSPS) is 30.3. The highest BCUT2D eigenvalue weighted by Gasteiger charge is 2.22. The molecule has 4 atom stereocenters. The molecule has 2 rings (SSSR count). The number of hydrogen-bond acceptors (Lipinski definition) is 8. The fourth-order valence-corrected chi connectivity index (χ4v) is 3.18. The number of ether oxygens (including phenoxy) is 2. The molecule has 0 bridgehead atoms. The van der Waals surface area contributed by atoms with Crippen molar-refractivity contribution >= 4 is 24.7 Å². The molecule has 8 heteroatoms. The van der Waals surface area contributed by atoms with E-state index >= 15 is 0 Å². The Morgan fingerprint density at radius 3 is 2.70 bits per heavy atom. The van der Waals surface area contributed by atoms with Gasteiger partial charge < -0.3 is 29.9 Å². The minimum Gasteiger partial charge on any atom is -0.874 e. The molecule has 0 saturated carbocycles. The third-order valence-corrected chi connectivity index (χ3v) is 4.49. The molecule has 1 heterocycles. The first-order valence-electron chi connectivity index (χ1n) is 8.44. The summed E-state index contributed by atoms with van der Waals surface area (Å²) in [4.78, 5) is 12.5. The van der Waals surface area contributed by atoms with Crippen LogP contribution in [0.5, 0.6) is 11.5 Å². The number of thiol groups is 1. The number of carbonyl (C=O) groups is 1. The summed E-state index contributed by atoms with van der Waals surface area (Å²) in [6.45, 7) is 1.63. The maximum atomic E-state index is 12.5. The Balaban J connectivity index is 2.47. The minimum atomic E-state index is -1.58. The van der Waals surface area contributed by atoms with Crippen molar-refractivity contribution in [1.29, 1.82) is 0 Å². The van der Waals surface area contributed by atoms with Crippen molar-refractivity contribution in [2.24, 2.45) is 0 Å². The number of rotatable bonds is 1. The first-order valence-corrected chi connectivity index (χ1v) is 8.96. The molecular weight excluding hydrogens is 372 g/mol. The van der Waals surface area contributed by atoms with E-state index in [0.29, 0.717) is 11.3 Å². The van der Waals surface area contributed by atoms with Gasteiger partial charge in [0.1, 0.15) is 23.2 Å². The van der Waals surface area contributed by atoms with E-state index in [2.05, 4.69) is 12.6 Å². The van der Waals surface area contributed by atoms with Gasteiger partial charge in [0.2, 0.25) is 0 Å². The fourth-order valence-electron chi connectivity index (χ4n) is 2.73. The van der Waals surface area contributed by atoms with Gasteiger partial charge in [-0.15, -0.1) is 5.76 Å². The van der Waals surface area contributed by atoms with Gasteiger partial charge in [0.15, 0.2) is 0 Å². The van der Waals surface area contributed by atoms with Gasteiger partial charge in [0, 0.05) is 11.3 Å². The largest absolute Gasteiger partial charge is 0.874 e. The SMILES string of the molecule is COc1cc(O)c2c(c1)/C=C/C[C@H](O)[C@H](O)/C([O-])=C\[C@H](S)C[C@H](C)OC2=O. The number of phenolic OH excluding ortho intramolecular Hbond substituents is 1. The molecule has 0 aromatic heterocycles. The van der Waals surface area contributed by atoms with Crippen LogP contribution in [-0.4, -0.2) is 52.0 Å². The second-order valence-corrected chi connectivity index (χ2v) is 7.01. The highest BCUT2D eigenvalue weighted by molar-refractivity contribution is 7.81. The van der Waals surface area contributed by atoms with Gasteiger partial charge in [-0.05, 0) is 31.4 Å². The number of methoxy groups -OCH3 is 1. The molecule has 7 nitrogen and oxygen atoms in total. The van der Waals surface area contributed by atoms with E-state index in [9.17, 15) is 25.2 Å². The maximum absolute atomic E-state index is 12.5. The summed E-state index contributed by atoms with van der Waals surface area (Å²) in [6.07, 6.45) is 0.830. The Hall–Kier alpha value is -2.16. The highest BCUT2D eigenvalue weighted by Crippen LogP contribution is 2.30. The molecule has 1 aromatic carbocycles. The van der Waals surface area contributed by atoms with Crippen LogP contribution in [0.1, 0.15) is 35.7 Å².